The third-order valence-electron chi connectivity index (χ3n) is 3.79. The van der Waals surface area contributed by atoms with E-state index in [1.807, 2.05) is 12.1 Å². The number of rotatable bonds is 5. The minimum atomic E-state index is 0.348. The highest BCUT2D eigenvalue weighted by Gasteiger charge is 2.15. The van der Waals surface area contributed by atoms with E-state index in [1.165, 1.54) is 22.3 Å². The molecule has 20 heavy (non-hydrogen) atoms. The van der Waals surface area contributed by atoms with Crippen LogP contribution in [0.2, 0.25) is 0 Å². The first-order valence-electron chi connectivity index (χ1n) is 7.33. The summed E-state index contributed by atoms with van der Waals surface area (Å²) in [4.78, 5) is 0. The first-order chi connectivity index (χ1) is 9.47. The van der Waals surface area contributed by atoms with E-state index < -0.39 is 0 Å². The predicted molar refractivity (Wildman–Crippen MR) is 84.1 cm³/mol. The Morgan fingerprint density at radius 2 is 1.75 bits per heavy atom. The number of benzene rings is 1. The van der Waals surface area contributed by atoms with Crippen LogP contribution < -0.4 is 5.32 Å². The summed E-state index contributed by atoms with van der Waals surface area (Å²) in [6.45, 7) is 11.0. The number of hydrogen-bond donors (Lipinski definition) is 1. The molecule has 2 unspecified atom stereocenters. The van der Waals surface area contributed by atoms with Crippen molar-refractivity contribution in [1.82, 2.24) is 5.32 Å². The Kier molecular flexibility index (Phi) is 4.66. The third-order valence-corrected chi connectivity index (χ3v) is 3.79. The van der Waals surface area contributed by atoms with Gasteiger partial charge in [0.25, 0.3) is 0 Å². The van der Waals surface area contributed by atoms with E-state index >= 15 is 0 Å². The lowest BCUT2D eigenvalue weighted by molar-refractivity contribution is 0.428. The molecular formula is C18H25NO. The van der Waals surface area contributed by atoms with Crippen LogP contribution in [0.3, 0.4) is 0 Å². The fourth-order valence-corrected chi connectivity index (χ4v) is 3.17. The van der Waals surface area contributed by atoms with E-state index in [1.54, 1.807) is 6.26 Å². The van der Waals surface area contributed by atoms with Crippen molar-refractivity contribution in [2.24, 2.45) is 0 Å². The molecule has 0 aliphatic rings. The summed E-state index contributed by atoms with van der Waals surface area (Å²) in [6.07, 6.45) is 2.65. The molecule has 1 N–H and O–H groups in total. The average molecular weight is 271 g/mol. The van der Waals surface area contributed by atoms with Gasteiger partial charge in [0.1, 0.15) is 5.76 Å². The molecule has 0 radical (unpaired) electrons. The van der Waals surface area contributed by atoms with Crippen LogP contribution >= 0.6 is 0 Å². The zero-order valence-corrected chi connectivity index (χ0v) is 13.2. The summed E-state index contributed by atoms with van der Waals surface area (Å²) in [5.41, 5.74) is 5.49. The quantitative estimate of drug-likeness (QED) is 0.867. The molecule has 0 aliphatic heterocycles. The van der Waals surface area contributed by atoms with Gasteiger partial charge in [-0.2, -0.15) is 0 Å². The molecule has 1 aromatic heterocycles. The monoisotopic (exact) mass is 271 g/mol. The number of hydrogen-bond acceptors (Lipinski definition) is 2. The van der Waals surface area contributed by atoms with Crippen molar-refractivity contribution in [3.05, 3.63) is 58.5 Å². The lowest BCUT2D eigenvalue weighted by Crippen LogP contribution is -2.31. The first-order valence-corrected chi connectivity index (χ1v) is 7.33. The van der Waals surface area contributed by atoms with Gasteiger partial charge in [-0.05, 0) is 63.4 Å². The standard InChI is InChI=1S/C18H25NO/c1-12-9-13(2)18(14(3)10-12)16(5)19-15(4)11-17-7-6-8-20-17/h6-10,15-16,19H,11H2,1-5H3. The maximum atomic E-state index is 5.41. The van der Waals surface area contributed by atoms with Crippen LogP contribution in [0.5, 0.6) is 0 Å². The second kappa shape index (κ2) is 6.27. The molecule has 0 amide bonds. The Balaban J connectivity index is 2.06. The van der Waals surface area contributed by atoms with Crippen molar-refractivity contribution in [2.75, 3.05) is 0 Å². The van der Waals surface area contributed by atoms with Gasteiger partial charge in [-0.25, -0.2) is 0 Å². The summed E-state index contributed by atoms with van der Waals surface area (Å²) in [7, 11) is 0. The van der Waals surface area contributed by atoms with Crippen molar-refractivity contribution in [3.63, 3.8) is 0 Å². The predicted octanol–water partition coefficient (Wildman–Crippen LogP) is 4.49. The fraction of sp³-hybridized carbons (Fsp3) is 0.444. The van der Waals surface area contributed by atoms with Gasteiger partial charge in [0.2, 0.25) is 0 Å². The molecule has 0 bridgehead atoms. The molecule has 1 heterocycles. The smallest absolute Gasteiger partial charge is 0.105 e. The van der Waals surface area contributed by atoms with Gasteiger partial charge in [0, 0.05) is 18.5 Å². The molecular weight excluding hydrogens is 246 g/mol. The molecule has 0 spiro atoms. The normalized spacial score (nSPS) is 14.2. The maximum absolute atomic E-state index is 5.41. The Morgan fingerprint density at radius 1 is 1.10 bits per heavy atom. The lowest BCUT2D eigenvalue weighted by atomic mass is 9.94. The van der Waals surface area contributed by atoms with Crippen molar-refractivity contribution in [2.45, 2.75) is 53.1 Å². The fourth-order valence-electron chi connectivity index (χ4n) is 3.17. The van der Waals surface area contributed by atoms with Crippen molar-refractivity contribution in [3.8, 4) is 0 Å². The Bertz CT molecular complexity index is 534. The first kappa shape index (κ1) is 14.9. The third kappa shape index (κ3) is 3.51. The number of furan rings is 1. The molecule has 108 valence electrons. The topological polar surface area (TPSA) is 25.2 Å². The van der Waals surface area contributed by atoms with Gasteiger partial charge in [-0.15, -0.1) is 0 Å². The minimum absolute atomic E-state index is 0.348. The van der Waals surface area contributed by atoms with Gasteiger partial charge in [-0.3, -0.25) is 0 Å². The van der Waals surface area contributed by atoms with Crippen LogP contribution in [-0.4, -0.2) is 6.04 Å². The van der Waals surface area contributed by atoms with Crippen molar-refractivity contribution >= 4 is 0 Å². The van der Waals surface area contributed by atoms with Crippen molar-refractivity contribution < 1.29 is 4.42 Å². The molecule has 0 saturated carbocycles. The van der Waals surface area contributed by atoms with E-state index in [4.69, 9.17) is 4.42 Å². The molecule has 1 aromatic carbocycles. The van der Waals surface area contributed by atoms with E-state index in [0.29, 0.717) is 12.1 Å². The average Bonchev–Trinajstić information content (AvgIpc) is 2.79. The highest BCUT2D eigenvalue weighted by molar-refractivity contribution is 5.39. The van der Waals surface area contributed by atoms with Crippen LogP contribution in [0.25, 0.3) is 0 Å². The summed E-state index contributed by atoms with van der Waals surface area (Å²) in [6, 6.07) is 9.23. The van der Waals surface area contributed by atoms with Crippen LogP contribution in [0.4, 0.5) is 0 Å². The largest absolute Gasteiger partial charge is 0.469 e. The highest BCUT2D eigenvalue weighted by atomic mass is 16.3. The Labute approximate surface area is 122 Å². The van der Waals surface area contributed by atoms with Crippen LogP contribution in [-0.2, 0) is 6.42 Å². The van der Waals surface area contributed by atoms with Gasteiger partial charge in [0.15, 0.2) is 0 Å². The molecule has 2 heteroatoms. The molecule has 2 aromatic rings. The summed E-state index contributed by atoms with van der Waals surface area (Å²) >= 11 is 0. The molecule has 0 fully saturated rings. The highest BCUT2D eigenvalue weighted by Crippen LogP contribution is 2.24. The second-order valence-electron chi connectivity index (χ2n) is 5.89. The van der Waals surface area contributed by atoms with Crippen LogP contribution in [0.15, 0.2) is 34.9 Å². The minimum Gasteiger partial charge on any atom is -0.469 e. The molecule has 2 nitrogen and oxygen atoms in total. The van der Waals surface area contributed by atoms with E-state index in [-0.39, 0.29) is 0 Å². The van der Waals surface area contributed by atoms with E-state index in [9.17, 15) is 0 Å². The zero-order valence-electron chi connectivity index (χ0n) is 13.2. The van der Waals surface area contributed by atoms with Gasteiger partial charge in [0.05, 0.1) is 6.26 Å². The second-order valence-corrected chi connectivity index (χ2v) is 5.89. The van der Waals surface area contributed by atoms with E-state index in [0.717, 1.165) is 12.2 Å². The number of aryl methyl sites for hydroxylation is 3. The van der Waals surface area contributed by atoms with Crippen LogP contribution in [0, 0.1) is 20.8 Å². The van der Waals surface area contributed by atoms with Crippen LogP contribution in [0.1, 0.15) is 47.9 Å². The number of nitrogens with one attached hydrogen (secondary N) is 1. The molecule has 0 aliphatic carbocycles. The van der Waals surface area contributed by atoms with Gasteiger partial charge >= 0.3 is 0 Å². The SMILES string of the molecule is Cc1cc(C)c(C(C)NC(C)Cc2ccco2)c(C)c1. The van der Waals surface area contributed by atoms with Gasteiger partial charge in [-0.1, -0.05) is 17.7 Å². The maximum Gasteiger partial charge on any atom is 0.105 e. The Hall–Kier alpha value is -1.54. The Morgan fingerprint density at radius 3 is 2.30 bits per heavy atom. The molecule has 0 saturated heterocycles. The molecule has 2 rings (SSSR count). The zero-order chi connectivity index (χ0) is 14.7. The summed E-state index contributed by atoms with van der Waals surface area (Å²) < 4.78 is 5.41. The van der Waals surface area contributed by atoms with Gasteiger partial charge < -0.3 is 9.73 Å². The summed E-state index contributed by atoms with van der Waals surface area (Å²) in [5.74, 6) is 1.04. The van der Waals surface area contributed by atoms with Crippen molar-refractivity contribution in [1.29, 1.82) is 0 Å². The summed E-state index contributed by atoms with van der Waals surface area (Å²) in [5, 5.41) is 3.68. The lowest BCUT2D eigenvalue weighted by Gasteiger charge is -2.23. The molecule has 2 atom stereocenters. The van der Waals surface area contributed by atoms with E-state index in [2.05, 4.69) is 52.1 Å².